The van der Waals surface area contributed by atoms with Crippen molar-refractivity contribution in [3.05, 3.63) is 187 Å². The predicted octanol–water partition coefficient (Wildman–Crippen LogP) is 11.4. The van der Waals surface area contributed by atoms with E-state index in [0.717, 1.165) is 91.0 Å². The van der Waals surface area contributed by atoms with Crippen LogP contribution < -0.4 is 0 Å². The van der Waals surface area contributed by atoms with Gasteiger partial charge in [0.25, 0.3) is 0 Å². The van der Waals surface area contributed by atoms with Gasteiger partial charge < -0.3 is 4.42 Å². The summed E-state index contributed by atoms with van der Waals surface area (Å²) in [6, 6.07) is 55.7. The van der Waals surface area contributed by atoms with E-state index in [2.05, 4.69) is 97.1 Å². The van der Waals surface area contributed by atoms with Crippen molar-refractivity contribution in [3.8, 4) is 33.9 Å². The Morgan fingerprint density at radius 3 is 1.84 bits per heavy atom. The molecule has 3 heterocycles. The van der Waals surface area contributed by atoms with Crippen molar-refractivity contribution in [2.45, 2.75) is 12.8 Å². The van der Waals surface area contributed by atoms with Gasteiger partial charge in [0.05, 0.1) is 22.8 Å². The smallest absolute Gasteiger partial charge is 0.160 e. The third kappa shape index (κ3) is 6.18. The fourth-order valence-corrected chi connectivity index (χ4v) is 6.63. The Hall–Kier alpha value is -6.72. The molecule has 0 radical (unpaired) electrons. The molecular weight excluding hydrogens is 625 g/mol. The molecular formula is C46H32N4O. The molecule has 9 rings (SSSR count). The molecule has 0 saturated heterocycles. The van der Waals surface area contributed by atoms with E-state index >= 15 is 0 Å². The highest BCUT2D eigenvalue weighted by Gasteiger charge is 2.16. The molecule has 8 aromatic rings. The van der Waals surface area contributed by atoms with E-state index in [1.54, 1.807) is 0 Å². The van der Waals surface area contributed by atoms with Crippen molar-refractivity contribution < 1.29 is 4.42 Å². The first-order valence-corrected chi connectivity index (χ1v) is 17.2. The second-order valence-corrected chi connectivity index (χ2v) is 12.6. The van der Waals surface area contributed by atoms with Gasteiger partial charge in [-0.25, -0.2) is 20.0 Å². The van der Waals surface area contributed by atoms with Crippen LogP contribution in [0.3, 0.4) is 0 Å². The summed E-state index contributed by atoms with van der Waals surface area (Å²) < 4.78 is 6.25. The van der Waals surface area contributed by atoms with Gasteiger partial charge in [0.2, 0.25) is 0 Å². The summed E-state index contributed by atoms with van der Waals surface area (Å²) in [5, 5.41) is 2.19. The average molecular weight is 657 g/mol. The van der Waals surface area contributed by atoms with Crippen molar-refractivity contribution in [1.29, 1.82) is 0 Å². The molecule has 1 aliphatic heterocycles. The molecule has 2 aromatic heterocycles. The van der Waals surface area contributed by atoms with Crippen molar-refractivity contribution in [2.75, 3.05) is 0 Å². The first-order chi connectivity index (χ1) is 25.2. The lowest BCUT2D eigenvalue weighted by molar-refractivity contribution is 0.669. The number of allylic oxidation sites excluding steroid dienone is 1. The number of furan rings is 1. The first kappa shape index (κ1) is 30.3. The quantitative estimate of drug-likeness (QED) is 0.179. The minimum absolute atomic E-state index is 0.646. The van der Waals surface area contributed by atoms with E-state index in [9.17, 15) is 0 Å². The van der Waals surface area contributed by atoms with Gasteiger partial charge in [0.15, 0.2) is 11.7 Å². The third-order valence-electron chi connectivity index (χ3n) is 9.21. The van der Waals surface area contributed by atoms with Crippen molar-refractivity contribution in [2.24, 2.45) is 9.98 Å². The molecule has 0 bridgehead atoms. The van der Waals surface area contributed by atoms with Gasteiger partial charge in [0.1, 0.15) is 11.2 Å². The van der Waals surface area contributed by atoms with Crippen LogP contribution in [-0.4, -0.2) is 21.5 Å². The zero-order chi connectivity index (χ0) is 34.0. The second-order valence-electron chi connectivity index (χ2n) is 12.6. The highest BCUT2D eigenvalue weighted by Crippen LogP contribution is 2.34. The lowest BCUT2D eigenvalue weighted by atomic mass is 10.00. The zero-order valence-corrected chi connectivity index (χ0v) is 27.8. The molecule has 0 unspecified atom stereocenters. The molecule has 0 aliphatic carbocycles. The number of aromatic nitrogens is 2. The predicted molar refractivity (Wildman–Crippen MR) is 209 cm³/mol. The molecule has 242 valence electrons. The molecule has 6 aromatic carbocycles. The number of para-hydroxylation sites is 1. The van der Waals surface area contributed by atoms with Crippen LogP contribution in [0, 0.1) is 0 Å². The molecule has 0 amide bonds. The van der Waals surface area contributed by atoms with Crippen LogP contribution in [-0.2, 0) is 0 Å². The van der Waals surface area contributed by atoms with E-state index in [-0.39, 0.29) is 0 Å². The number of benzene rings is 6. The summed E-state index contributed by atoms with van der Waals surface area (Å²) in [6.07, 6.45) is 3.79. The number of rotatable bonds is 6. The highest BCUT2D eigenvalue weighted by atomic mass is 16.3. The average Bonchev–Trinajstić information content (AvgIpc) is 3.57. The zero-order valence-electron chi connectivity index (χ0n) is 27.8. The van der Waals surface area contributed by atoms with Crippen LogP contribution in [0.15, 0.2) is 184 Å². The molecule has 0 fully saturated rings. The molecule has 51 heavy (non-hydrogen) atoms. The maximum absolute atomic E-state index is 6.25. The third-order valence-corrected chi connectivity index (χ3v) is 9.21. The van der Waals surface area contributed by atoms with E-state index in [1.165, 1.54) is 0 Å². The number of hydrogen-bond donors (Lipinski definition) is 0. The van der Waals surface area contributed by atoms with Crippen LogP contribution in [0.4, 0.5) is 0 Å². The molecule has 0 N–H and O–H groups in total. The van der Waals surface area contributed by atoms with Gasteiger partial charge in [-0.05, 0) is 54.3 Å². The van der Waals surface area contributed by atoms with Gasteiger partial charge >= 0.3 is 0 Å². The van der Waals surface area contributed by atoms with Crippen molar-refractivity contribution in [1.82, 2.24) is 9.97 Å². The maximum Gasteiger partial charge on any atom is 0.160 e. The Morgan fingerprint density at radius 1 is 0.431 bits per heavy atom. The maximum atomic E-state index is 6.25. The number of amidine groups is 1. The Balaban J connectivity index is 1.14. The summed E-state index contributed by atoms with van der Waals surface area (Å²) in [5.41, 5.74) is 11.3. The molecule has 0 spiro atoms. The van der Waals surface area contributed by atoms with Gasteiger partial charge in [-0.1, -0.05) is 140 Å². The van der Waals surface area contributed by atoms with Crippen LogP contribution in [0.5, 0.6) is 0 Å². The number of nitrogens with zero attached hydrogens (tertiary/aromatic N) is 4. The topological polar surface area (TPSA) is 63.6 Å². The summed E-state index contributed by atoms with van der Waals surface area (Å²) in [5.74, 6) is 1.34. The van der Waals surface area contributed by atoms with Gasteiger partial charge in [-0.3, -0.25) is 0 Å². The number of hydrogen-bond acceptors (Lipinski definition) is 5. The van der Waals surface area contributed by atoms with Crippen LogP contribution >= 0.6 is 0 Å². The summed E-state index contributed by atoms with van der Waals surface area (Å²) >= 11 is 0. The Kier molecular flexibility index (Phi) is 7.91. The summed E-state index contributed by atoms with van der Waals surface area (Å²) in [6.45, 7) is 0. The lowest BCUT2D eigenvalue weighted by Gasteiger charge is -2.14. The van der Waals surface area contributed by atoms with E-state index in [4.69, 9.17) is 24.4 Å². The first-order valence-electron chi connectivity index (χ1n) is 17.2. The fourth-order valence-electron chi connectivity index (χ4n) is 6.63. The molecule has 0 atom stereocenters. The number of aliphatic imine (C=N–C) groups is 2. The monoisotopic (exact) mass is 656 g/mol. The Labute approximate surface area is 296 Å². The molecule has 5 heteroatoms. The van der Waals surface area contributed by atoms with Crippen LogP contribution in [0.25, 0.3) is 61.5 Å². The van der Waals surface area contributed by atoms with Crippen molar-refractivity contribution >= 4 is 39.2 Å². The largest absolute Gasteiger partial charge is 0.456 e. The Bertz CT molecular complexity index is 2620. The standard InChI is InChI=1S/C46H32N4O/c1-4-14-31(15-5-1)39-23-13-24-40(48-45(47-39)33-18-8-3-9-19-33)34-20-12-21-36(28-34)46-49-41(32-16-6-2-7-17-32)30-42(50-46)35-26-27-38-37-22-10-11-25-43(37)51-44(38)29-35/h1-12,14-23,25-30H,13,24H2. The lowest BCUT2D eigenvalue weighted by Crippen LogP contribution is -2.09. The Morgan fingerprint density at radius 2 is 1.06 bits per heavy atom. The summed E-state index contributed by atoms with van der Waals surface area (Å²) in [4.78, 5) is 20.6. The summed E-state index contributed by atoms with van der Waals surface area (Å²) in [7, 11) is 0. The van der Waals surface area contributed by atoms with Crippen LogP contribution in [0.1, 0.15) is 29.5 Å². The van der Waals surface area contributed by atoms with Crippen LogP contribution in [0.2, 0.25) is 0 Å². The van der Waals surface area contributed by atoms with Crippen molar-refractivity contribution in [3.63, 3.8) is 0 Å². The normalized spacial score (nSPS) is 13.3. The SMILES string of the molecule is C1=C(c2ccccc2)N=C(c2ccccc2)N=C(c2cccc(-c3nc(-c4ccccc4)cc(-c4ccc5c(c4)oc4ccccc45)n3)c2)CC1. The minimum atomic E-state index is 0.646. The van der Waals surface area contributed by atoms with Gasteiger partial charge in [-0.2, -0.15) is 0 Å². The number of fused-ring (bicyclic) bond motifs is 3. The fraction of sp³-hybridized carbons (Fsp3) is 0.0435. The van der Waals surface area contributed by atoms with Gasteiger partial charge in [0, 0.05) is 33.0 Å². The van der Waals surface area contributed by atoms with Gasteiger partial charge in [-0.15, -0.1) is 0 Å². The van der Waals surface area contributed by atoms with E-state index in [0.29, 0.717) is 11.7 Å². The molecule has 0 saturated carbocycles. The van der Waals surface area contributed by atoms with E-state index in [1.807, 2.05) is 72.8 Å². The highest BCUT2D eigenvalue weighted by molar-refractivity contribution is 6.14. The molecule has 5 nitrogen and oxygen atoms in total. The molecule has 1 aliphatic rings. The second kappa shape index (κ2) is 13.3. The minimum Gasteiger partial charge on any atom is -0.456 e. The van der Waals surface area contributed by atoms with E-state index < -0.39 is 0 Å².